The zero-order valence-corrected chi connectivity index (χ0v) is 20.7. The van der Waals surface area contributed by atoms with E-state index in [2.05, 4.69) is 36.5 Å². The summed E-state index contributed by atoms with van der Waals surface area (Å²) >= 11 is 3.24. The van der Waals surface area contributed by atoms with Crippen molar-refractivity contribution in [3.05, 3.63) is 83.9 Å². The largest absolute Gasteiger partial charge is 0.351 e. The minimum Gasteiger partial charge on any atom is -0.351 e. The van der Waals surface area contributed by atoms with Crippen molar-refractivity contribution >= 4 is 45.1 Å². The Morgan fingerprint density at radius 2 is 1.50 bits per heavy atom. The smallest absolute Gasteiger partial charge is 0.264 e. The molecule has 0 aliphatic rings. The van der Waals surface area contributed by atoms with Gasteiger partial charge >= 0.3 is 0 Å². The van der Waals surface area contributed by atoms with Gasteiger partial charge in [0.1, 0.15) is 0 Å². The van der Waals surface area contributed by atoms with Gasteiger partial charge in [0.2, 0.25) is 0 Å². The van der Waals surface area contributed by atoms with Gasteiger partial charge in [-0.05, 0) is 73.8 Å². The molecule has 0 aliphatic carbocycles. The van der Waals surface area contributed by atoms with Crippen LogP contribution in [0.3, 0.4) is 0 Å². The Bertz CT molecular complexity index is 1140. The second-order valence-electron chi connectivity index (χ2n) is 7.11. The van der Waals surface area contributed by atoms with Gasteiger partial charge in [0.25, 0.3) is 15.9 Å². The van der Waals surface area contributed by atoms with Crippen LogP contribution in [0.5, 0.6) is 0 Å². The lowest BCUT2D eigenvalue weighted by Gasteiger charge is -2.20. The number of amides is 1. The zero-order valence-electron chi connectivity index (χ0n) is 18.2. The first-order valence-electron chi connectivity index (χ1n) is 10.0. The maximum absolute atomic E-state index is 12.9. The molecule has 0 aromatic heterocycles. The van der Waals surface area contributed by atoms with E-state index in [9.17, 15) is 13.2 Å². The molecule has 0 heterocycles. The molecule has 1 N–H and O–H groups in total. The van der Waals surface area contributed by atoms with Crippen LogP contribution in [0.25, 0.3) is 0 Å². The first-order chi connectivity index (χ1) is 15.3. The van der Waals surface area contributed by atoms with Crippen molar-refractivity contribution in [3.8, 4) is 0 Å². The first-order valence-corrected chi connectivity index (χ1v) is 13.7. The SMILES string of the molecule is CSc1ccc(S(=O)(=O)N(C)c2ccc(C(=O)NCCSc3ccc(C)cc3)cc2)cc1. The second-order valence-corrected chi connectivity index (χ2v) is 11.1. The van der Waals surface area contributed by atoms with Crippen LogP contribution in [0, 0.1) is 6.92 Å². The number of thioether (sulfide) groups is 2. The topological polar surface area (TPSA) is 66.5 Å². The average molecular weight is 487 g/mol. The summed E-state index contributed by atoms with van der Waals surface area (Å²) in [5, 5.41) is 2.90. The van der Waals surface area contributed by atoms with Crippen LogP contribution in [0.2, 0.25) is 0 Å². The normalized spacial score (nSPS) is 11.2. The molecular weight excluding hydrogens is 460 g/mol. The Labute approximate surface area is 198 Å². The van der Waals surface area contributed by atoms with Crippen LogP contribution in [0.15, 0.2) is 87.5 Å². The minimum absolute atomic E-state index is 0.181. The molecule has 5 nitrogen and oxygen atoms in total. The van der Waals surface area contributed by atoms with Gasteiger partial charge in [0.15, 0.2) is 0 Å². The first kappa shape index (κ1) is 24.2. The summed E-state index contributed by atoms with van der Waals surface area (Å²) < 4.78 is 27.0. The number of aryl methyl sites for hydroxylation is 1. The number of hydrogen-bond acceptors (Lipinski definition) is 5. The molecule has 3 aromatic rings. The predicted molar refractivity (Wildman–Crippen MR) is 134 cm³/mol. The molecule has 3 aromatic carbocycles. The van der Waals surface area contributed by atoms with Gasteiger partial charge in [-0.3, -0.25) is 9.10 Å². The summed E-state index contributed by atoms with van der Waals surface area (Å²) in [7, 11) is -2.17. The Morgan fingerprint density at radius 3 is 2.09 bits per heavy atom. The molecule has 0 aliphatic heterocycles. The molecule has 1 amide bonds. The molecule has 0 unspecified atom stereocenters. The van der Waals surface area contributed by atoms with Crippen LogP contribution < -0.4 is 9.62 Å². The molecule has 8 heteroatoms. The number of hydrogen-bond donors (Lipinski definition) is 1. The molecule has 0 radical (unpaired) electrons. The van der Waals surface area contributed by atoms with E-state index < -0.39 is 10.0 Å². The maximum Gasteiger partial charge on any atom is 0.264 e. The van der Waals surface area contributed by atoms with E-state index in [4.69, 9.17) is 0 Å². The Morgan fingerprint density at radius 1 is 0.906 bits per heavy atom. The van der Waals surface area contributed by atoms with Crippen LogP contribution in [-0.4, -0.2) is 39.9 Å². The number of carbonyl (C=O) groups is 1. The highest BCUT2D eigenvalue weighted by Gasteiger charge is 2.21. The summed E-state index contributed by atoms with van der Waals surface area (Å²) in [6.07, 6.45) is 1.94. The van der Waals surface area contributed by atoms with E-state index >= 15 is 0 Å². The van der Waals surface area contributed by atoms with Gasteiger partial charge in [-0.2, -0.15) is 0 Å². The second kappa shape index (κ2) is 10.9. The van der Waals surface area contributed by atoms with Crippen molar-refractivity contribution in [3.63, 3.8) is 0 Å². The van der Waals surface area contributed by atoms with E-state index in [0.29, 0.717) is 17.8 Å². The van der Waals surface area contributed by atoms with Crippen LogP contribution >= 0.6 is 23.5 Å². The summed E-state index contributed by atoms with van der Waals surface area (Å²) in [6, 6.07) is 21.6. The molecule has 3 rings (SSSR count). The summed E-state index contributed by atoms with van der Waals surface area (Å²) in [4.78, 5) is 14.8. The Hall–Kier alpha value is -2.42. The van der Waals surface area contributed by atoms with Gasteiger partial charge < -0.3 is 5.32 Å². The van der Waals surface area contributed by atoms with E-state index in [1.165, 1.54) is 21.8 Å². The molecule has 0 atom stereocenters. The quantitative estimate of drug-likeness (QED) is 0.338. The number of anilines is 1. The average Bonchev–Trinajstić information content (AvgIpc) is 2.82. The van der Waals surface area contributed by atoms with Crippen molar-refractivity contribution in [1.29, 1.82) is 0 Å². The molecule has 168 valence electrons. The van der Waals surface area contributed by atoms with Crippen molar-refractivity contribution in [2.75, 3.05) is 29.9 Å². The monoisotopic (exact) mass is 486 g/mol. The van der Waals surface area contributed by atoms with Gasteiger partial charge in [0.05, 0.1) is 10.6 Å². The highest BCUT2D eigenvalue weighted by molar-refractivity contribution is 7.99. The fourth-order valence-electron chi connectivity index (χ4n) is 2.94. The standard InChI is InChI=1S/C24H26N2O3S3/c1-18-4-10-22(11-5-18)31-17-16-25-24(27)19-6-8-20(9-7-19)26(2)32(28,29)23-14-12-21(30-3)13-15-23/h4-15H,16-17H2,1-3H3,(H,25,27). The maximum atomic E-state index is 12.9. The summed E-state index contributed by atoms with van der Waals surface area (Å²) in [6.45, 7) is 2.59. The number of nitrogens with one attached hydrogen (secondary N) is 1. The number of benzene rings is 3. The van der Waals surface area contributed by atoms with Crippen molar-refractivity contribution in [1.82, 2.24) is 5.32 Å². The Kier molecular flexibility index (Phi) is 8.28. The lowest BCUT2D eigenvalue weighted by Crippen LogP contribution is -2.27. The van der Waals surface area contributed by atoms with E-state index in [1.807, 2.05) is 6.26 Å². The van der Waals surface area contributed by atoms with Gasteiger partial charge in [0, 0.05) is 34.7 Å². The third kappa shape index (κ3) is 6.09. The van der Waals surface area contributed by atoms with Gasteiger partial charge in [-0.25, -0.2) is 8.42 Å². The van der Waals surface area contributed by atoms with Crippen molar-refractivity contribution in [2.45, 2.75) is 21.6 Å². The van der Waals surface area contributed by atoms with Crippen LogP contribution in [0.1, 0.15) is 15.9 Å². The molecular formula is C24H26N2O3S3. The van der Waals surface area contributed by atoms with E-state index in [0.717, 1.165) is 10.6 Å². The fourth-order valence-corrected chi connectivity index (χ4v) is 5.31. The fraction of sp³-hybridized carbons (Fsp3) is 0.208. The van der Waals surface area contributed by atoms with Crippen LogP contribution in [-0.2, 0) is 10.0 Å². The zero-order chi connectivity index (χ0) is 23.1. The van der Waals surface area contributed by atoms with E-state index in [1.54, 1.807) is 72.1 Å². The predicted octanol–water partition coefficient (Wildman–Crippen LogP) is 5.06. The number of rotatable bonds is 9. The highest BCUT2D eigenvalue weighted by atomic mass is 32.2. The molecule has 0 spiro atoms. The minimum atomic E-state index is -3.68. The Balaban J connectivity index is 1.57. The summed E-state index contributed by atoms with van der Waals surface area (Å²) in [5.41, 5.74) is 2.20. The summed E-state index contributed by atoms with van der Waals surface area (Å²) in [5.74, 6) is 0.586. The van der Waals surface area contributed by atoms with Gasteiger partial charge in [-0.15, -0.1) is 23.5 Å². The molecule has 32 heavy (non-hydrogen) atoms. The lowest BCUT2D eigenvalue weighted by molar-refractivity contribution is 0.0956. The highest BCUT2D eigenvalue weighted by Crippen LogP contribution is 2.24. The number of carbonyl (C=O) groups excluding carboxylic acids is 1. The third-order valence-electron chi connectivity index (χ3n) is 4.89. The number of sulfonamides is 1. The molecule has 0 saturated heterocycles. The van der Waals surface area contributed by atoms with Crippen molar-refractivity contribution < 1.29 is 13.2 Å². The van der Waals surface area contributed by atoms with Crippen molar-refractivity contribution in [2.24, 2.45) is 0 Å². The van der Waals surface area contributed by atoms with Crippen LogP contribution in [0.4, 0.5) is 5.69 Å². The number of nitrogens with zero attached hydrogens (tertiary/aromatic N) is 1. The molecule has 0 saturated carbocycles. The van der Waals surface area contributed by atoms with E-state index in [-0.39, 0.29) is 10.8 Å². The molecule has 0 bridgehead atoms. The lowest BCUT2D eigenvalue weighted by atomic mass is 10.2. The van der Waals surface area contributed by atoms with Gasteiger partial charge in [-0.1, -0.05) is 17.7 Å². The third-order valence-corrected chi connectivity index (χ3v) is 8.45. The molecule has 0 fully saturated rings.